The first-order valence-electron chi connectivity index (χ1n) is 8.33. The lowest BCUT2D eigenvalue weighted by Gasteiger charge is -2.34. The molecule has 1 aliphatic rings. The quantitative estimate of drug-likeness (QED) is 0.684. The van der Waals surface area contributed by atoms with Gasteiger partial charge < -0.3 is 15.0 Å². The largest absolute Gasteiger partial charge is 0.490 e. The summed E-state index contributed by atoms with van der Waals surface area (Å²) in [5.74, 6) is 1.90. The van der Waals surface area contributed by atoms with Crippen LogP contribution in [0.1, 0.15) is 23.5 Å². The number of thiazole rings is 1. The Bertz CT molecular complexity index is 663. The van der Waals surface area contributed by atoms with Crippen LogP contribution in [-0.4, -0.2) is 42.1 Å². The molecular weight excluding hydrogens is 320 g/mol. The van der Waals surface area contributed by atoms with Crippen molar-refractivity contribution in [2.75, 3.05) is 20.1 Å². The summed E-state index contributed by atoms with van der Waals surface area (Å²) >= 11 is 1.68. The van der Waals surface area contributed by atoms with E-state index in [0.717, 1.165) is 54.9 Å². The van der Waals surface area contributed by atoms with Gasteiger partial charge in [0.15, 0.2) is 5.96 Å². The Labute approximate surface area is 147 Å². The van der Waals surface area contributed by atoms with Crippen molar-refractivity contribution in [1.29, 1.82) is 0 Å². The first-order valence-corrected chi connectivity index (χ1v) is 9.21. The topological polar surface area (TPSA) is 49.8 Å². The number of guanidine groups is 1. The van der Waals surface area contributed by atoms with Crippen molar-refractivity contribution in [1.82, 2.24) is 15.2 Å². The molecule has 0 saturated carbocycles. The first-order chi connectivity index (χ1) is 11.7. The molecule has 1 aliphatic heterocycles. The summed E-state index contributed by atoms with van der Waals surface area (Å²) in [5, 5.41) is 6.59. The van der Waals surface area contributed by atoms with E-state index in [1.54, 1.807) is 11.3 Å². The zero-order valence-electron chi connectivity index (χ0n) is 14.2. The maximum atomic E-state index is 6.05. The van der Waals surface area contributed by atoms with Crippen LogP contribution in [-0.2, 0) is 6.54 Å². The summed E-state index contributed by atoms with van der Waals surface area (Å²) in [6.07, 6.45) is 2.29. The normalized spacial score (nSPS) is 16.2. The molecule has 1 aromatic heterocycles. The van der Waals surface area contributed by atoms with Gasteiger partial charge in [-0.2, -0.15) is 0 Å². The number of ether oxygens (including phenoxy) is 1. The van der Waals surface area contributed by atoms with Gasteiger partial charge in [0.1, 0.15) is 16.9 Å². The molecule has 1 saturated heterocycles. The molecule has 0 unspecified atom stereocenters. The van der Waals surface area contributed by atoms with Gasteiger partial charge in [-0.3, -0.25) is 4.99 Å². The minimum absolute atomic E-state index is 0.281. The van der Waals surface area contributed by atoms with E-state index in [2.05, 4.69) is 25.6 Å². The minimum Gasteiger partial charge on any atom is -0.490 e. The number of likely N-dealkylation sites (tertiary alicyclic amines) is 1. The minimum atomic E-state index is 0.281. The molecule has 24 heavy (non-hydrogen) atoms. The van der Waals surface area contributed by atoms with E-state index >= 15 is 0 Å². The van der Waals surface area contributed by atoms with Crippen LogP contribution in [0.25, 0.3) is 0 Å². The molecule has 0 atom stereocenters. The van der Waals surface area contributed by atoms with E-state index in [4.69, 9.17) is 4.74 Å². The third kappa shape index (κ3) is 4.47. The summed E-state index contributed by atoms with van der Waals surface area (Å²) in [6, 6.07) is 10.1. The van der Waals surface area contributed by atoms with Crippen molar-refractivity contribution in [3.8, 4) is 5.75 Å². The van der Waals surface area contributed by atoms with Gasteiger partial charge in [-0.05, 0) is 19.1 Å². The number of rotatable bonds is 4. The van der Waals surface area contributed by atoms with E-state index in [-0.39, 0.29) is 6.10 Å². The Morgan fingerprint density at radius 2 is 2.08 bits per heavy atom. The van der Waals surface area contributed by atoms with Crippen LogP contribution in [0.5, 0.6) is 5.75 Å². The predicted molar refractivity (Wildman–Crippen MR) is 98.7 cm³/mol. The molecule has 2 heterocycles. The summed E-state index contributed by atoms with van der Waals surface area (Å²) in [7, 11) is 1.84. The van der Waals surface area contributed by atoms with E-state index in [0.29, 0.717) is 0 Å². The van der Waals surface area contributed by atoms with Gasteiger partial charge in [-0.25, -0.2) is 4.98 Å². The van der Waals surface area contributed by atoms with Gasteiger partial charge in [0, 0.05) is 44.1 Å². The lowest BCUT2D eigenvalue weighted by Crippen LogP contribution is -2.47. The summed E-state index contributed by atoms with van der Waals surface area (Å²) in [6.45, 7) is 4.65. The summed E-state index contributed by atoms with van der Waals surface area (Å²) < 4.78 is 6.05. The molecule has 5 nitrogen and oxygen atoms in total. The van der Waals surface area contributed by atoms with Crippen molar-refractivity contribution in [2.45, 2.75) is 32.4 Å². The lowest BCUT2D eigenvalue weighted by atomic mass is 10.1. The number of aliphatic imine (C=N–C) groups is 1. The maximum Gasteiger partial charge on any atom is 0.193 e. The van der Waals surface area contributed by atoms with Crippen molar-refractivity contribution in [3.05, 3.63) is 46.4 Å². The Morgan fingerprint density at radius 3 is 2.71 bits per heavy atom. The average Bonchev–Trinajstić information content (AvgIpc) is 3.03. The number of nitrogens with one attached hydrogen (secondary N) is 1. The monoisotopic (exact) mass is 344 g/mol. The van der Waals surface area contributed by atoms with Crippen LogP contribution < -0.4 is 10.1 Å². The molecular formula is C18H24N4OS. The molecule has 0 bridgehead atoms. The zero-order valence-corrected chi connectivity index (χ0v) is 15.1. The number of aromatic nitrogens is 1. The molecule has 0 radical (unpaired) electrons. The molecule has 1 fully saturated rings. The van der Waals surface area contributed by atoms with Crippen LogP contribution in [0, 0.1) is 6.92 Å². The number of benzene rings is 1. The Morgan fingerprint density at radius 1 is 1.33 bits per heavy atom. The van der Waals surface area contributed by atoms with Gasteiger partial charge in [0.25, 0.3) is 0 Å². The summed E-state index contributed by atoms with van der Waals surface area (Å²) in [5.41, 5.74) is 1.07. The molecule has 0 amide bonds. The molecule has 6 heteroatoms. The van der Waals surface area contributed by atoms with E-state index in [1.165, 1.54) is 0 Å². The van der Waals surface area contributed by atoms with Crippen molar-refractivity contribution >= 4 is 17.3 Å². The highest BCUT2D eigenvalue weighted by Crippen LogP contribution is 2.18. The highest BCUT2D eigenvalue weighted by atomic mass is 32.1. The smallest absolute Gasteiger partial charge is 0.193 e. The molecule has 128 valence electrons. The van der Waals surface area contributed by atoms with Crippen LogP contribution in [0.3, 0.4) is 0 Å². The third-order valence-electron chi connectivity index (χ3n) is 4.06. The molecule has 1 aromatic carbocycles. The fourth-order valence-electron chi connectivity index (χ4n) is 2.85. The van der Waals surface area contributed by atoms with Gasteiger partial charge in [0.2, 0.25) is 0 Å². The Kier molecular flexibility index (Phi) is 5.69. The zero-order chi connectivity index (χ0) is 16.8. The SMILES string of the molecule is CN=C(NCc1nc(C)cs1)N1CCC(Oc2ccccc2)CC1. The van der Waals surface area contributed by atoms with Gasteiger partial charge in [-0.15, -0.1) is 11.3 Å². The lowest BCUT2D eigenvalue weighted by molar-refractivity contribution is 0.129. The van der Waals surface area contributed by atoms with Gasteiger partial charge in [0.05, 0.1) is 6.54 Å². The van der Waals surface area contributed by atoms with E-state index < -0.39 is 0 Å². The average molecular weight is 344 g/mol. The number of hydrogen-bond donors (Lipinski definition) is 1. The van der Waals surface area contributed by atoms with Crippen LogP contribution >= 0.6 is 11.3 Å². The molecule has 2 aromatic rings. The van der Waals surface area contributed by atoms with Crippen LogP contribution in [0.4, 0.5) is 0 Å². The van der Waals surface area contributed by atoms with Crippen molar-refractivity contribution in [3.63, 3.8) is 0 Å². The Hall–Kier alpha value is -2.08. The summed E-state index contributed by atoms with van der Waals surface area (Å²) in [4.78, 5) is 11.2. The highest BCUT2D eigenvalue weighted by Gasteiger charge is 2.22. The fraction of sp³-hybridized carbons (Fsp3) is 0.444. The number of nitrogens with zero attached hydrogens (tertiary/aromatic N) is 3. The number of aryl methyl sites for hydroxylation is 1. The van der Waals surface area contributed by atoms with Crippen molar-refractivity contribution in [2.24, 2.45) is 4.99 Å². The molecule has 1 N–H and O–H groups in total. The van der Waals surface area contributed by atoms with Crippen molar-refractivity contribution < 1.29 is 4.74 Å². The van der Waals surface area contributed by atoms with Gasteiger partial charge >= 0.3 is 0 Å². The Balaban J connectivity index is 1.47. The molecule has 0 spiro atoms. The fourth-order valence-corrected chi connectivity index (χ4v) is 3.56. The number of hydrogen-bond acceptors (Lipinski definition) is 4. The maximum absolute atomic E-state index is 6.05. The molecule has 3 rings (SSSR count). The first kappa shape index (κ1) is 16.8. The number of piperidine rings is 1. The number of para-hydroxylation sites is 1. The molecule has 0 aliphatic carbocycles. The second kappa shape index (κ2) is 8.15. The van der Waals surface area contributed by atoms with E-state index in [9.17, 15) is 0 Å². The second-order valence-corrected chi connectivity index (χ2v) is 6.84. The van der Waals surface area contributed by atoms with Crippen LogP contribution in [0.2, 0.25) is 0 Å². The van der Waals surface area contributed by atoms with E-state index in [1.807, 2.05) is 44.3 Å². The van der Waals surface area contributed by atoms with Crippen LogP contribution in [0.15, 0.2) is 40.7 Å². The third-order valence-corrected chi connectivity index (χ3v) is 5.03. The second-order valence-electron chi connectivity index (χ2n) is 5.90. The highest BCUT2D eigenvalue weighted by molar-refractivity contribution is 7.09. The predicted octanol–water partition coefficient (Wildman–Crippen LogP) is 3.07. The van der Waals surface area contributed by atoms with Gasteiger partial charge in [-0.1, -0.05) is 18.2 Å². The standard InChI is InChI=1S/C18H24N4OS/c1-14-13-24-17(21-14)12-20-18(19-2)22-10-8-16(9-11-22)23-15-6-4-3-5-7-15/h3-7,13,16H,8-12H2,1-2H3,(H,19,20).